The van der Waals surface area contributed by atoms with Gasteiger partial charge < -0.3 is 9.52 Å². The summed E-state index contributed by atoms with van der Waals surface area (Å²) < 4.78 is 7.34. The number of thiazole rings is 1. The van der Waals surface area contributed by atoms with Crippen LogP contribution in [0.25, 0.3) is 5.57 Å². The molecule has 0 radical (unpaired) electrons. The van der Waals surface area contributed by atoms with Crippen LogP contribution in [0.3, 0.4) is 0 Å². The molecule has 2 aromatic heterocycles. The van der Waals surface area contributed by atoms with Gasteiger partial charge in [-0.15, -0.1) is 11.3 Å². The summed E-state index contributed by atoms with van der Waals surface area (Å²) in [5.41, 5.74) is 1.43. The second-order valence-electron chi connectivity index (χ2n) is 5.50. The predicted octanol–water partition coefficient (Wildman–Crippen LogP) is 2.29. The number of carbonyl (C=O) groups is 1. The molecule has 1 amide bonds. The van der Waals surface area contributed by atoms with E-state index in [0.29, 0.717) is 32.1 Å². The number of hydrogen-bond donors (Lipinski definition) is 1. The highest BCUT2D eigenvalue weighted by molar-refractivity contribution is 7.73. The first kappa shape index (κ1) is 15.0. The third-order valence-corrected chi connectivity index (χ3v) is 5.30. The second kappa shape index (κ2) is 5.54. The molecule has 3 heterocycles. The number of aryl methyl sites for hydroxylation is 1. The minimum absolute atomic E-state index is 0.0330. The number of furan rings is 1. The first-order chi connectivity index (χ1) is 11.5. The van der Waals surface area contributed by atoms with Gasteiger partial charge in [-0.05, 0) is 43.4 Å². The highest BCUT2D eigenvalue weighted by atomic mass is 32.1. The Morgan fingerprint density at radius 1 is 1.38 bits per heavy atom. The maximum atomic E-state index is 12.4. The molecule has 0 unspecified atom stereocenters. The summed E-state index contributed by atoms with van der Waals surface area (Å²) in [6.07, 6.45) is 1.57. The molecular weight excluding hydrogens is 344 g/mol. The average Bonchev–Trinajstić information content (AvgIpc) is 3.22. The number of amides is 1. The highest BCUT2D eigenvalue weighted by Gasteiger charge is 2.25. The first-order valence-electron chi connectivity index (χ1n) is 7.24. The molecule has 3 aromatic rings. The molecule has 7 heteroatoms. The fourth-order valence-electron chi connectivity index (χ4n) is 2.71. The maximum Gasteiger partial charge on any atom is 0.279 e. The predicted molar refractivity (Wildman–Crippen MR) is 92.1 cm³/mol. The van der Waals surface area contributed by atoms with Gasteiger partial charge in [-0.25, -0.2) is 4.99 Å². The topological polar surface area (TPSA) is 67.7 Å². The highest BCUT2D eigenvalue weighted by Crippen LogP contribution is 2.33. The van der Waals surface area contributed by atoms with Crippen LogP contribution in [0.2, 0.25) is 0 Å². The Morgan fingerprint density at radius 3 is 2.96 bits per heavy atom. The maximum absolute atomic E-state index is 12.4. The molecule has 0 saturated heterocycles. The Bertz CT molecular complexity index is 1140. The van der Waals surface area contributed by atoms with Gasteiger partial charge in [-0.1, -0.05) is 11.6 Å². The Morgan fingerprint density at radius 2 is 2.21 bits per heavy atom. The van der Waals surface area contributed by atoms with Crippen LogP contribution in [0.1, 0.15) is 16.2 Å². The molecule has 1 aliphatic rings. The lowest BCUT2D eigenvalue weighted by atomic mass is 10.1. The zero-order valence-corrected chi connectivity index (χ0v) is 14.3. The Balaban J connectivity index is 1.93. The van der Waals surface area contributed by atoms with Crippen LogP contribution in [0.5, 0.6) is 5.88 Å². The summed E-state index contributed by atoms with van der Waals surface area (Å²) >= 11 is 6.56. The van der Waals surface area contributed by atoms with Crippen molar-refractivity contribution >= 4 is 35.0 Å². The van der Waals surface area contributed by atoms with Gasteiger partial charge in [0.1, 0.15) is 10.6 Å². The van der Waals surface area contributed by atoms with Crippen LogP contribution < -0.4 is 10.6 Å². The van der Waals surface area contributed by atoms with E-state index in [1.54, 1.807) is 23.0 Å². The lowest BCUT2D eigenvalue weighted by Gasteiger charge is -2.03. The van der Waals surface area contributed by atoms with Crippen molar-refractivity contribution in [3.63, 3.8) is 0 Å². The van der Waals surface area contributed by atoms with Crippen molar-refractivity contribution in [3.05, 3.63) is 67.3 Å². The van der Waals surface area contributed by atoms with Crippen LogP contribution in [-0.4, -0.2) is 15.6 Å². The lowest BCUT2D eigenvalue weighted by Crippen LogP contribution is -2.23. The van der Waals surface area contributed by atoms with Crippen LogP contribution in [0.4, 0.5) is 0 Å². The minimum Gasteiger partial charge on any atom is -0.493 e. The molecule has 5 nitrogen and oxygen atoms in total. The molecule has 0 spiro atoms. The molecule has 1 aromatic carbocycles. The number of aromatic hydroxyl groups is 1. The Hall–Kier alpha value is -2.51. The summed E-state index contributed by atoms with van der Waals surface area (Å²) in [6.45, 7) is 2.26. The summed E-state index contributed by atoms with van der Waals surface area (Å²) in [5.74, 6) is 0.288. The average molecular weight is 356 g/mol. The van der Waals surface area contributed by atoms with E-state index in [1.165, 1.54) is 11.3 Å². The largest absolute Gasteiger partial charge is 0.493 e. The molecule has 1 N–H and O–H groups in total. The van der Waals surface area contributed by atoms with E-state index in [2.05, 4.69) is 4.99 Å². The number of aromatic nitrogens is 1. The van der Waals surface area contributed by atoms with Crippen molar-refractivity contribution in [2.24, 2.45) is 4.99 Å². The molecule has 4 rings (SSSR count). The standard InChI is InChI=1S/C17H12N2O3S2/c1-9-4-5-12-11(7-9)13(15(20)18-12)14-16(21)19(17(23)24-14)8-10-3-2-6-22-10/h2-7,21H,8H2,1H3. The number of fused-ring (bicyclic) bond motifs is 1. The molecule has 0 saturated carbocycles. The van der Waals surface area contributed by atoms with E-state index in [0.717, 1.165) is 10.8 Å². The van der Waals surface area contributed by atoms with Crippen LogP contribution in [0, 0.1) is 10.9 Å². The number of carbonyl (C=O) groups excluding carboxylic acids is 1. The third kappa shape index (κ3) is 2.33. The normalized spacial score (nSPS) is 13.2. The number of benzene rings is 1. The van der Waals surface area contributed by atoms with Crippen LogP contribution >= 0.6 is 23.6 Å². The van der Waals surface area contributed by atoms with Gasteiger partial charge in [0, 0.05) is 5.22 Å². The van der Waals surface area contributed by atoms with E-state index >= 15 is 0 Å². The van der Waals surface area contributed by atoms with Gasteiger partial charge in [0.05, 0.1) is 23.7 Å². The van der Waals surface area contributed by atoms with Crippen molar-refractivity contribution in [3.8, 4) is 5.88 Å². The lowest BCUT2D eigenvalue weighted by molar-refractivity contribution is -0.112. The van der Waals surface area contributed by atoms with Crippen molar-refractivity contribution < 1.29 is 14.3 Å². The van der Waals surface area contributed by atoms with Crippen molar-refractivity contribution in [2.45, 2.75) is 13.5 Å². The summed E-state index contributed by atoms with van der Waals surface area (Å²) in [7, 11) is 0. The smallest absolute Gasteiger partial charge is 0.279 e. The van der Waals surface area contributed by atoms with Crippen LogP contribution in [-0.2, 0) is 11.3 Å². The zero-order chi connectivity index (χ0) is 16.8. The minimum atomic E-state index is -0.354. The fourth-order valence-corrected chi connectivity index (χ4v) is 4.04. The fraction of sp³-hybridized carbons (Fsp3) is 0.118. The van der Waals surface area contributed by atoms with Crippen molar-refractivity contribution in [1.82, 2.24) is 4.57 Å². The Labute approximate surface area is 145 Å². The number of hydrogen-bond acceptors (Lipinski definition) is 5. The molecule has 1 aliphatic heterocycles. The SMILES string of the molecule is Cc1ccc2c(c1)=C(c1sc(=S)n(Cc3ccco3)c1O)C(=O)N=2. The third-order valence-electron chi connectivity index (χ3n) is 3.85. The molecule has 24 heavy (non-hydrogen) atoms. The second-order valence-corrected chi connectivity index (χ2v) is 7.14. The van der Waals surface area contributed by atoms with Crippen molar-refractivity contribution in [2.75, 3.05) is 0 Å². The van der Waals surface area contributed by atoms with Crippen LogP contribution in [0.15, 0.2) is 46.0 Å². The summed E-state index contributed by atoms with van der Waals surface area (Å²) in [4.78, 5) is 16.9. The van der Waals surface area contributed by atoms with E-state index in [1.807, 2.05) is 25.1 Å². The molecule has 0 atom stereocenters. The quantitative estimate of drug-likeness (QED) is 0.731. The monoisotopic (exact) mass is 356 g/mol. The van der Waals surface area contributed by atoms with E-state index < -0.39 is 0 Å². The van der Waals surface area contributed by atoms with E-state index in [4.69, 9.17) is 16.6 Å². The van der Waals surface area contributed by atoms with Gasteiger partial charge in [0.25, 0.3) is 5.91 Å². The van der Waals surface area contributed by atoms with Gasteiger partial charge >= 0.3 is 0 Å². The Kier molecular flexibility index (Phi) is 3.47. The first-order valence-corrected chi connectivity index (χ1v) is 8.46. The van der Waals surface area contributed by atoms with Gasteiger partial charge in [-0.3, -0.25) is 9.36 Å². The molecule has 0 fully saturated rings. The van der Waals surface area contributed by atoms with Gasteiger partial charge in [-0.2, -0.15) is 0 Å². The van der Waals surface area contributed by atoms with Gasteiger partial charge in [0.15, 0.2) is 3.95 Å². The van der Waals surface area contributed by atoms with Crippen molar-refractivity contribution in [1.29, 1.82) is 0 Å². The molecule has 120 valence electrons. The van der Waals surface area contributed by atoms with Gasteiger partial charge in [0.2, 0.25) is 5.88 Å². The summed E-state index contributed by atoms with van der Waals surface area (Å²) in [6, 6.07) is 9.20. The number of nitrogens with zero attached hydrogens (tertiary/aromatic N) is 2. The molecular formula is C17H12N2O3S2. The summed E-state index contributed by atoms with van der Waals surface area (Å²) in [5, 5.41) is 12.0. The zero-order valence-electron chi connectivity index (χ0n) is 12.6. The molecule has 0 aliphatic carbocycles. The number of rotatable bonds is 3. The van der Waals surface area contributed by atoms with E-state index in [9.17, 15) is 9.90 Å². The van der Waals surface area contributed by atoms with E-state index in [-0.39, 0.29) is 11.8 Å². The molecule has 0 bridgehead atoms.